The van der Waals surface area contributed by atoms with E-state index in [0.717, 1.165) is 0 Å². The number of hydrogen-bond donors (Lipinski definition) is 3. The first-order valence-corrected chi connectivity index (χ1v) is 6.61. The van der Waals surface area contributed by atoms with E-state index in [4.69, 9.17) is 5.11 Å². The summed E-state index contributed by atoms with van der Waals surface area (Å²) in [6.07, 6.45) is 1.81. The summed E-state index contributed by atoms with van der Waals surface area (Å²) < 4.78 is 25.6. The molecule has 96 valence electrons. The van der Waals surface area contributed by atoms with Gasteiger partial charge in [0, 0.05) is 13.0 Å². The Labute approximate surface area is 99.3 Å². The molecule has 0 spiro atoms. The Balaban J connectivity index is 2.72. The largest absolute Gasteiger partial charge is 0.481 e. The van der Waals surface area contributed by atoms with Gasteiger partial charge < -0.3 is 10.1 Å². The molecule has 0 radical (unpaired) electrons. The zero-order chi connectivity index (χ0) is 13.1. The first kappa shape index (κ1) is 13.7. The molecule has 0 bridgehead atoms. The fraction of sp³-hybridized carbons (Fsp3) is 0.556. The van der Waals surface area contributed by atoms with Crippen LogP contribution >= 0.6 is 0 Å². The predicted molar refractivity (Wildman–Crippen MR) is 60.0 cm³/mol. The number of hydrogen-bond acceptors (Lipinski definition) is 4. The summed E-state index contributed by atoms with van der Waals surface area (Å²) >= 11 is 0. The molecular weight excluding hydrogens is 246 g/mol. The maximum absolute atomic E-state index is 11.7. The molecule has 0 aromatic carbocycles. The van der Waals surface area contributed by atoms with Crippen LogP contribution in [0.3, 0.4) is 0 Å². The number of nitrogens with zero attached hydrogens (tertiary/aromatic N) is 1. The number of nitrogens with one attached hydrogen (secondary N) is 2. The van der Waals surface area contributed by atoms with Gasteiger partial charge in [-0.25, -0.2) is 18.1 Å². The lowest BCUT2D eigenvalue weighted by Gasteiger charge is -2.07. The van der Waals surface area contributed by atoms with E-state index in [-0.39, 0.29) is 11.6 Å². The van der Waals surface area contributed by atoms with Gasteiger partial charge in [0.1, 0.15) is 5.82 Å². The fourth-order valence-electron chi connectivity index (χ4n) is 1.06. The summed E-state index contributed by atoms with van der Waals surface area (Å²) in [5.74, 6) is -1.26. The highest BCUT2D eigenvalue weighted by Gasteiger charge is 2.19. The molecule has 7 nitrogen and oxygen atoms in total. The van der Waals surface area contributed by atoms with Crippen molar-refractivity contribution in [2.75, 3.05) is 6.54 Å². The van der Waals surface area contributed by atoms with Crippen molar-refractivity contribution in [3.8, 4) is 0 Å². The van der Waals surface area contributed by atoms with E-state index < -0.39 is 21.9 Å². The van der Waals surface area contributed by atoms with E-state index in [9.17, 15) is 13.2 Å². The van der Waals surface area contributed by atoms with E-state index in [1.54, 1.807) is 0 Å². The lowest BCUT2D eigenvalue weighted by molar-refractivity contribution is -0.140. The molecule has 3 N–H and O–H groups in total. The topological polar surface area (TPSA) is 112 Å². The Bertz CT molecular complexity index is 494. The first-order chi connectivity index (χ1) is 7.86. The highest BCUT2D eigenvalue weighted by Crippen LogP contribution is 2.06. The van der Waals surface area contributed by atoms with Crippen LogP contribution in [0.5, 0.6) is 0 Å². The number of aromatic nitrogens is 2. The van der Waals surface area contributed by atoms with Crippen molar-refractivity contribution in [3.63, 3.8) is 0 Å². The van der Waals surface area contributed by atoms with E-state index in [1.807, 2.05) is 6.92 Å². The number of rotatable bonds is 6. The number of aryl methyl sites for hydroxylation is 1. The summed E-state index contributed by atoms with van der Waals surface area (Å²) in [6, 6.07) is 0. The second-order valence-electron chi connectivity index (χ2n) is 3.64. The number of carboxylic acids is 1. The number of imidazole rings is 1. The van der Waals surface area contributed by atoms with Crippen LogP contribution in [0.25, 0.3) is 0 Å². The zero-order valence-corrected chi connectivity index (χ0v) is 10.4. The van der Waals surface area contributed by atoms with Crippen molar-refractivity contribution >= 4 is 16.0 Å². The molecule has 1 aromatic rings. The van der Waals surface area contributed by atoms with Crippen molar-refractivity contribution in [3.05, 3.63) is 12.0 Å². The molecule has 1 aromatic heterocycles. The van der Waals surface area contributed by atoms with Crippen molar-refractivity contribution in [2.24, 2.45) is 5.92 Å². The van der Waals surface area contributed by atoms with Crippen molar-refractivity contribution in [1.29, 1.82) is 0 Å². The quantitative estimate of drug-likeness (QED) is 0.665. The van der Waals surface area contributed by atoms with Crippen LogP contribution in [0.2, 0.25) is 0 Å². The van der Waals surface area contributed by atoms with Crippen LogP contribution in [0.4, 0.5) is 0 Å². The monoisotopic (exact) mass is 261 g/mol. The highest BCUT2D eigenvalue weighted by molar-refractivity contribution is 7.89. The average Bonchev–Trinajstić information content (AvgIpc) is 2.75. The Kier molecular flexibility index (Phi) is 4.24. The van der Waals surface area contributed by atoms with Crippen molar-refractivity contribution < 1.29 is 18.3 Å². The Morgan fingerprint density at radius 2 is 2.29 bits per heavy atom. The molecule has 1 atom stereocenters. The minimum Gasteiger partial charge on any atom is -0.481 e. The van der Waals surface area contributed by atoms with E-state index >= 15 is 0 Å². The maximum atomic E-state index is 11.7. The lowest BCUT2D eigenvalue weighted by atomic mass is 10.2. The van der Waals surface area contributed by atoms with Gasteiger partial charge in [0.25, 0.3) is 10.0 Å². The number of H-pyrrole nitrogens is 1. The maximum Gasteiger partial charge on any atom is 0.307 e. The molecule has 8 heteroatoms. The number of aromatic amines is 1. The van der Waals surface area contributed by atoms with Gasteiger partial charge in [0.2, 0.25) is 0 Å². The summed E-state index contributed by atoms with van der Waals surface area (Å²) in [5.41, 5.74) is 0. The average molecular weight is 261 g/mol. The highest BCUT2D eigenvalue weighted by atomic mass is 32.2. The number of sulfonamides is 1. The Hall–Kier alpha value is -1.41. The molecule has 0 aliphatic heterocycles. The third-order valence-corrected chi connectivity index (χ3v) is 3.56. The molecular formula is C9H15N3O4S. The number of carboxylic acid groups (broad SMARTS) is 1. The zero-order valence-electron chi connectivity index (χ0n) is 9.60. The molecule has 0 amide bonds. The molecule has 17 heavy (non-hydrogen) atoms. The number of carbonyl (C=O) groups is 1. The molecule has 0 aliphatic rings. The standard InChI is InChI=1S/C9H15N3O4S/c1-3-7-10-5-8(12-7)17(15,16)11-4-6(2)9(13)14/h5-6,11H,3-4H2,1-2H3,(H,10,12)(H,13,14). The van der Waals surface area contributed by atoms with Gasteiger partial charge in [-0.05, 0) is 0 Å². The summed E-state index contributed by atoms with van der Waals surface area (Å²) in [5, 5.41) is 8.59. The second-order valence-corrected chi connectivity index (χ2v) is 5.37. The number of aliphatic carboxylic acids is 1. The SMILES string of the molecule is CCc1ncc(S(=O)(=O)NCC(C)C(=O)O)[nH]1. The summed E-state index contributed by atoms with van der Waals surface area (Å²) in [6.45, 7) is 3.11. The summed E-state index contributed by atoms with van der Waals surface area (Å²) in [4.78, 5) is 17.1. The van der Waals surface area contributed by atoms with Crippen LogP contribution in [0.15, 0.2) is 11.2 Å². The van der Waals surface area contributed by atoms with Crippen LogP contribution in [-0.2, 0) is 21.2 Å². The van der Waals surface area contributed by atoms with Crippen LogP contribution in [-0.4, -0.2) is 36.0 Å². The van der Waals surface area contributed by atoms with Crippen LogP contribution in [0, 0.1) is 5.92 Å². The van der Waals surface area contributed by atoms with Crippen molar-refractivity contribution in [1.82, 2.24) is 14.7 Å². The molecule has 1 unspecified atom stereocenters. The summed E-state index contributed by atoms with van der Waals surface area (Å²) in [7, 11) is -3.71. The molecule has 1 rings (SSSR count). The first-order valence-electron chi connectivity index (χ1n) is 5.13. The molecule has 0 fully saturated rings. The van der Waals surface area contributed by atoms with Gasteiger partial charge in [-0.15, -0.1) is 0 Å². The molecule has 0 saturated carbocycles. The van der Waals surface area contributed by atoms with Gasteiger partial charge in [0.15, 0.2) is 5.03 Å². The molecule has 0 aliphatic carbocycles. The Morgan fingerprint density at radius 3 is 2.76 bits per heavy atom. The Morgan fingerprint density at radius 1 is 1.65 bits per heavy atom. The molecule has 1 heterocycles. The predicted octanol–water partition coefficient (Wildman–Crippen LogP) is -0.0289. The van der Waals surface area contributed by atoms with Gasteiger partial charge in [-0.2, -0.15) is 0 Å². The van der Waals surface area contributed by atoms with Gasteiger partial charge >= 0.3 is 5.97 Å². The normalized spacial score (nSPS) is 13.5. The minimum atomic E-state index is -3.71. The van der Waals surface area contributed by atoms with Crippen molar-refractivity contribution in [2.45, 2.75) is 25.3 Å². The van der Waals surface area contributed by atoms with Gasteiger partial charge in [-0.1, -0.05) is 13.8 Å². The fourth-order valence-corrected chi connectivity index (χ4v) is 2.13. The van der Waals surface area contributed by atoms with E-state index in [2.05, 4.69) is 14.7 Å². The van der Waals surface area contributed by atoms with Gasteiger partial charge in [-0.3, -0.25) is 4.79 Å². The minimum absolute atomic E-state index is 0.0491. The van der Waals surface area contributed by atoms with Crippen LogP contribution < -0.4 is 4.72 Å². The smallest absolute Gasteiger partial charge is 0.307 e. The third kappa shape index (κ3) is 3.53. The molecule has 0 saturated heterocycles. The van der Waals surface area contributed by atoms with E-state index in [1.165, 1.54) is 13.1 Å². The lowest BCUT2D eigenvalue weighted by Crippen LogP contribution is -2.31. The van der Waals surface area contributed by atoms with Gasteiger partial charge in [0.05, 0.1) is 12.1 Å². The second kappa shape index (κ2) is 5.28. The third-order valence-electron chi connectivity index (χ3n) is 2.23. The van der Waals surface area contributed by atoms with Crippen LogP contribution in [0.1, 0.15) is 19.7 Å². The van der Waals surface area contributed by atoms with E-state index in [0.29, 0.717) is 12.2 Å².